The number of imidazole rings is 1. The molecule has 0 unspecified atom stereocenters. The molecule has 3 aromatic rings. The van der Waals surface area contributed by atoms with Crippen molar-refractivity contribution in [2.45, 2.75) is 26.8 Å². The summed E-state index contributed by atoms with van der Waals surface area (Å²) in [5.41, 5.74) is 3.55. The summed E-state index contributed by atoms with van der Waals surface area (Å²) in [4.78, 5) is 21.1. The van der Waals surface area contributed by atoms with Crippen LogP contribution in [0.3, 0.4) is 0 Å². The summed E-state index contributed by atoms with van der Waals surface area (Å²) in [7, 11) is 0. The second-order valence-electron chi connectivity index (χ2n) is 5.05. The highest BCUT2D eigenvalue weighted by Crippen LogP contribution is 2.17. The monoisotopic (exact) mass is 279 g/mol. The molecule has 0 atom stereocenters. The first-order chi connectivity index (χ1) is 10.2. The van der Waals surface area contributed by atoms with Gasteiger partial charge in [0.25, 0.3) is 0 Å². The fraction of sp³-hybridized carbons (Fsp3) is 0.235. The van der Waals surface area contributed by atoms with Crippen molar-refractivity contribution in [3.8, 4) is 0 Å². The summed E-state index contributed by atoms with van der Waals surface area (Å²) in [5.74, 6) is 0.858. The largest absolute Gasteiger partial charge is 0.328 e. The normalized spacial score (nSPS) is 11.0. The van der Waals surface area contributed by atoms with Gasteiger partial charge in [0.1, 0.15) is 5.82 Å². The van der Waals surface area contributed by atoms with E-state index in [1.807, 2.05) is 43.3 Å². The third kappa shape index (κ3) is 2.57. The summed E-state index contributed by atoms with van der Waals surface area (Å²) in [6.07, 6.45) is 1.93. The van der Waals surface area contributed by atoms with Gasteiger partial charge in [0.05, 0.1) is 17.5 Å². The Kier molecular flexibility index (Phi) is 3.52. The smallest absolute Gasteiger partial charge is 0.171 e. The third-order valence-electron chi connectivity index (χ3n) is 3.60. The number of fused-ring (bicyclic) bond motifs is 1. The van der Waals surface area contributed by atoms with Crippen molar-refractivity contribution in [1.29, 1.82) is 0 Å². The molecule has 4 heteroatoms. The predicted molar refractivity (Wildman–Crippen MR) is 82.4 cm³/mol. The number of hydrogen-bond donors (Lipinski definition) is 0. The lowest BCUT2D eigenvalue weighted by molar-refractivity contribution is 0.0989. The summed E-state index contributed by atoms with van der Waals surface area (Å²) in [5, 5.41) is 0. The highest BCUT2D eigenvalue weighted by Gasteiger charge is 2.14. The summed E-state index contributed by atoms with van der Waals surface area (Å²) in [6.45, 7) is 4.77. The van der Waals surface area contributed by atoms with Crippen molar-refractivity contribution >= 4 is 16.8 Å². The van der Waals surface area contributed by atoms with E-state index in [9.17, 15) is 4.79 Å². The molecule has 0 aliphatic heterocycles. The molecule has 2 aromatic heterocycles. The van der Waals surface area contributed by atoms with Crippen LogP contribution in [0.4, 0.5) is 0 Å². The van der Waals surface area contributed by atoms with Crippen LogP contribution in [0.25, 0.3) is 11.0 Å². The molecule has 0 N–H and O–H groups in total. The highest BCUT2D eigenvalue weighted by atomic mass is 16.1. The van der Waals surface area contributed by atoms with Crippen LogP contribution in [0.1, 0.15) is 28.8 Å². The molecule has 0 aliphatic rings. The Morgan fingerprint density at radius 3 is 2.71 bits per heavy atom. The molecule has 0 radical (unpaired) electrons. The van der Waals surface area contributed by atoms with Crippen molar-refractivity contribution in [3.63, 3.8) is 0 Å². The second-order valence-corrected chi connectivity index (χ2v) is 5.05. The number of hydrogen-bond acceptors (Lipinski definition) is 3. The van der Waals surface area contributed by atoms with E-state index in [0.717, 1.165) is 29.1 Å². The zero-order valence-corrected chi connectivity index (χ0v) is 12.2. The Hall–Kier alpha value is -2.49. The van der Waals surface area contributed by atoms with Gasteiger partial charge in [0.2, 0.25) is 0 Å². The number of rotatable bonds is 4. The number of benzene rings is 1. The van der Waals surface area contributed by atoms with E-state index < -0.39 is 0 Å². The lowest BCUT2D eigenvalue weighted by Crippen LogP contribution is -2.10. The number of aryl methyl sites for hydroxylation is 2. The van der Waals surface area contributed by atoms with Gasteiger partial charge in [-0.3, -0.25) is 9.78 Å². The lowest BCUT2D eigenvalue weighted by atomic mass is 10.1. The van der Waals surface area contributed by atoms with E-state index in [4.69, 9.17) is 0 Å². The first-order valence-corrected chi connectivity index (χ1v) is 7.09. The first kappa shape index (κ1) is 13.5. The van der Waals surface area contributed by atoms with Gasteiger partial charge in [-0.2, -0.15) is 0 Å². The quantitative estimate of drug-likeness (QED) is 0.689. The summed E-state index contributed by atoms with van der Waals surface area (Å²) in [6, 6.07) is 11.6. The van der Waals surface area contributed by atoms with Gasteiger partial charge in [-0.15, -0.1) is 0 Å². The molecule has 2 heterocycles. The number of aromatic nitrogens is 3. The molecule has 21 heavy (non-hydrogen) atoms. The number of pyridine rings is 1. The Balaban J connectivity index is 1.94. The second kappa shape index (κ2) is 5.48. The average Bonchev–Trinajstić information content (AvgIpc) is 2.84. The van der Waals surface area contributed by atoms with Gasteiger partial charge >= 0.3 is 0 Å². The van der Waals surface area contributed by atoms with Crippen LogP contribution in [0, 0.1) is 6.92 Å². The standard InChI is InChI=1S/C17H17N3O/c1-3-20-15-7-5-4-6-14(15)19-17(20)10-16(21)13-9-8-12(2)18-11-13/h4-9,11H,3,10H2,1-2H3. The van der Waals surface area contributed by atoms with E-state index in [0.29, 0.717) is 12.0 Å². The van der Waals surface area contributed by atoms with Crippen molar-refractivity contribution in [3.05, 3.63) is 59.7 Å². The molecule has 0 saturated carbocycles. The van der Waals surface area contributed by atoms with Gasteiger partial charge in [0, 0.05) is 24.0 Å². The number of para-hydroxylation sites is 2. The van der Waals surface area contributed by atoms with E-state index in [1.54, 1.807) is 6.20 Å². The number of carbonyl (C=O) groups excluding carboxylic acids is 1. The highest BCUT2D eigenvalue weighted by molar-refractivity contribution is 5.97. The topological polar surface area (TPSA) is 47.8 Å². The van der Waals surface area contributed by atoms with Crippen LogP contribution >= 0.6 is 0 Å². The zero-order valence-electron chi connectivity index (χ0n) is 12.2. The molecule has 0 bridgehead atoms. The van der Waals surface area contributed by atoms with Gasteiger partial charge in [-0.1, -0.05) is 12.1 Å². The maximum absolute atomic E-state index is 12.4. The zero-order chi connectivity index (χ0) is 14.8. The van der Waals surface area contributed by atoms with Crippen LogP contribution in [0.5, 0.6) is 0 Å². The van der Waals surface area contributed by atoms with Gasteiger partial charge in [0.15, 0.2) is 5.78 Å². The fourth-order valence-corrected chi connectivity index (χ4v) is 2.49. The van der Waals surface area contributed by atoms with Crippen LogP contribution < -0.4 is 0 Å². The van der Waals surface area contributed by atoms with Crippen LogP contribution in [-0.4, -0.2) is 20.3 Å². The van der Waals surface area contributed by atoms with Crippen molar-refractivity contribution in [1.82, 2.24) is 14.5 Å². The Labute approximate surface area is 123 Å². The minimum absolute atomic E-state index is 0.0486. The molecule has 106 valence electrons. The minimum Gasteiger partial charge on any atom is -0.328 e. The molecule has 0 spiro atoms. The molecule has 1 aromatic carbocycles. The van der Waals surface area contributed by atoms with E-state index >= 15 is 0 Å². The fourth-order valence-electron chi connectivity index (χ4n) is 2.49. The van der Waals surface area contributed by atoms with E-state index in [-0.39, 0.29) is 5.78 Å². The molecule has 0 amide bonds. The maximum atomic E-state index is 12.4. The molecular weight excluding hydrogens is 262 g/mol. The lowest BCUT2D eigenvalue weighted by Gasteiger charge is -2.05. The van der Waals surface area contributed by atoms with Gasteiger partial charge in [-0.05, 0) is 38.1 Å². The van der Waals surface area contributed by atoms with Crippen molar-refractivity contribution < 1.29 is 4.79 Å². The predicted octanol–water partition coefficient (Wildman–Crippen LogP) is 3.19. The van der Waals surface area contributed by atoms with Gasteiger partial charge in [-0.25, -0.2) is 4.98 Å². The Morgan fingerprint density at radius 1 is 1.19 bits per heavy atom. The van der Waals surface area contributed by atoms with Crippen molar-refractivity contribution in [2.24, 2.45) is 0 Å². The number of carbonyl (C=O) groups is 1. The van der Waals surface area contributed by atoms with E-state index in [2.05, 4.69) is 21.5 Å². The van der Waals surface area contributed by atoms with Crippen LogP contribution in [0.2, 0.25) is 0 Å². The molecule has 0 fully saturated rings. The Bertz CT molecular complexity index is 787. The van der Waals surface area contributed by atoms with Gasteiger partial charge < -0.3 is 4.57 Å². The number of ketones is 1. The molecule has 0 saturated heterocycles. The molecular formula is C17H17N3O. The molecule has 3 rings (SSSR count). The van der Waals surface area contributed by atoms with Crippen LogP contribution in [0.15, 0.2) is 42.6 Å². The van der Waals surface area contributed by atoms with Crippen LogP contribution in [-0.2, 0) is 13.0 Å². The molecule has 4 nitrogen and oxygen atoms in total. The van der Waals surface area contributed by atoms with E-state index in [1.165, 1.54) is 0 Å². The summed E-state index contributed by atoms with van der Waals surface area (Å²) < 4.78 is 2.09. The number of Topliss-reactive ketones (excluding diaryl/α,β-unsaturated/α-hetero) is 1. The third-order valence-corrected chi connectivity index (χ3v) is 3.60. The minimum atomic E-state index is 0.0486. The summed E-state index contributed by atoms with van der Waals surface area (Å²) >= 11 is 0. The number of nitrogens with zero attached hydrogens (tertiary/aromatic N) is 3. The maximum Gasteiger partial charge on any atom is 0.171 e. The molecule has 0 aliphatic carbocycles. The van der Waals surface area contributed by atoms with Crippen molar-refractivity contribution in [2.75, 3.05) is 0 Å². The average molecular weight is 279 g/mol. The Morgan fingerprint density at radius 2 is 2.00 bits per heavy atom. The first-order valence-electron chi connectivity index (χ1n) is 7.09. The SMILES string of the molecule is CCn1c(CC(=O)c2ccc(C)nc2)nc2ccccc21.